The molecule has 0 aromatic heterocycles. The van der Waals surface area contributed by atoms with E-state index in [9.17, 15) is 10.2 Å². The topological polar surface area (TPSA) is 114 Å². The summed E-state index contributed by atoms with van der Waals surface area (Å²) in [4.78, 5) is 0. The van der Waals surface area contributed by atoms with Gasteiger partial charge in [0.2, 0.25) is 0 Å². The number of rotatable bonds is 7. The van der Waals surface area contributed by atoms with Crippen molar-refractivity contribution in [2.24, 2.45) is 0 Å². The van der Waals surface area contributed by atoms with Gasteiger partial charge in [0.25, 0.3) is 0 Å². The van der Waals surface area contributed by atoms with Gasteiger partial charge in [-0.05, 0) is 79.6 Å². The van der Waals surface area contributed by atoms with E-state index < -0.39 is 28.5 Å². The van der Waals surface area contributed by atoms with Gasteiger partial charge in [0.15, 0.2) is 0 Å². The minimum atomic E-state index is -1.18. The molecule has 17 atom stereocenters. The smallest absolute Gasteiger partial charge is 0.110 e. The van der Waals surface area contributed by atoms with Gasteiger partial charge in [-0.25, -0.2) is 0 Å². The lowest BCUT2D eigenvalue weighted by Crippen LogP contribution is -2.69. The number of aliphatic hydroxyl groups excluding tert-OH is 1. The molecule has 8 aliphatic rings. The van der Waals surface area contributed by atoms with Crippen molar-refractivity contribution in [3.8, 4) is 0 Å². The van der Waals surface area contributed by atoms with Crippen LogP contribution < -0.4 is 0 Å². The van der Waals surface area contributed by atoms with Crippen LogP contribution in [0.3, 0.4) is 0 Å². The lowest BCUT2D eigenvalue weighted by atomic mass is 9.73. The van der Waals surface area contributed by atoms with E-state index in [0.29, 0.717) is 12.8 Å². The molecule has 10 nitrogen and oxygen atoms in total. The number of hydrogen-bond acceptors (Lipinski definition) is 10. The standard InChI is InChI=1S/C43H64O10/c1-7-8-9-10-11-14-34-39(2,45)19-18-29-31(48-34)23-36-43(6,51-29)26-42(5)35(50-36)16-15-28-32(52-42)22-30-33(47-28)25-41(4)38(49-30)24-37-40(3,53-41)20-17-27(46-37)13-12-21-44/h7,9-11,14,18-19,27-38,44-45H,1,8,12-13,15-17,20-26H2,2-6H3. The monoisotopic (exact) mass is 740 g/mol. The van der Waals surface area contributed by atoms with Crippen LogP contribution in [-0.2, 0) is 37.9 Å². The molecule has 10 heteroatoms. The summed E-state index contributed by atoms with van der Waals surface area (Å²) in [6.07, 6.45) is 21.5. The summed E-state index contributed by atoms with van der Waals surface area (Å²) in [6, 6.07) is 0. The molecule has 0 aromatic rings. The van der Waals surface area contributed by atoms with Gasteiger partial charge in [0, 0.05) is 38.7 Å². The third kappa shape index (κ3) is 7.33. The lowest BCUT2D eigenvalue weighted by Gasteiger charge is -2.60. The molecule has 8 heterocycles. The average molecular weight is 741 g/mol. The number of aliphatic hydroxyl groups is 2. The molecular formula is C43H64O10. The van der Waals surface area contributed by atoms with Crippen LogP contribution in [0.15, 0.2) is 49.1 Å². The number of fused-ring (bicyclic) bond motifs is 7. The second kappa shape index (κ2) is 14.5. The molecule has 0 spiro atoms. The van der Waals surface area contributed by atoms with E-state index >= 15 is 0 Å². The molecule has 7 saturated heterocycles. The highest BCUT2D eigenvalue weighted by Crippen LogP contribution is 2.54. The van der Waals surface area contributed by atoms with E-state index in [1.807, 2.05) is 42.5 Å². The third-order valence-electron chi connectivity index (χ3n) is 14.0. The lowest BCUT2D eigenvalue weighted by molar-refractivity contribution is -0.356. The Hall–Kier alpha value is -1.44. The zero-order chi connectivity index (χ0) is 37.2. The zero-order valence-corrected chi connectivity index (χ0v) is 32.5. The Bertz CT molecular complexity index is 1430. The van der Waals surface area contributed by atoms with Crippen molar-refractivity contribution in [2.75, 3.05) is 6.61 Å². The quantitative estimate of drug-likeness (QED) is 0.239. The normalized spacial score (nSPS) is 53.6. The first-order valence-electron chi connectivity index (χ1n) is 20.5. The number of ether oxygens (including phenoxy) is 8. The molecule has 0 radical (unpaired) electrons. The first kappa shape index (κ1) is 38.4. The second-order valence-electron chi connectivity index (χ2n) is 18.4. The van der Waals surface area contributed by atoms with Crippen LogP contribution in [0.1, 0.15) is 112 Å². The van der Waals surface area contributed by atoms with Crippen molar-refractivity contribution < 1.29 is 48.1 Å². The van der Waals surface area contributed by atoms with E-state index in [1.165, 1.54) is 0 Å². The highest BCUT2D eigenvalue weighted by Gasteiger charge is 2.63. The first-order valence-corrected chi connectivity index (χ1v) is 20.5. The fraction of sp³-hybridized carbons (Fsp3) is 0.814. The Labute approximate surface area is 316 Å². The Morgan fingerprint density at radius 3 is 2.34 bits per heavy atom. The summed E-state index contributed by atoms with van der Waals surface area (Å²) in [5.74, 6) is 0. The Morgan fingerprint density at radius 2 is 1.53 bits per heavy atom. The van der Waals surface area contributed by atoms with Crippen molar-refractivity contribution in [1.82, 2.24) is 0 Å². The molecule has 8 aliphatic heterocycles. The molecule has 53 heavy (non-hydrogen) atoms. The maximum atomic E-state index is 11.3. The van der Waals surface area contributed by atoms with Crippen LogP contribution in [0, 0.1) is 0 Å². The molecule has 8 rings (SSSR count). The van der Waals surface area contributed by atoms with Gasteiger partial charge in [0.05, 0.1) is 83.4 Å². The summed E-state index contributed by atoms with van der Waals surface area (Å²) in [5, 5.41) is 20.7. The molecular weight excluding hydrogens is 676 g/mol. The zero-order valence-electron chi connectivity index (χ0n) is 32.5. The molecule has 0 amide bonds. The highest BCUT2D eigenvalue weighted by molar-refractivity contribution is 5.20. The van der Waals surface area contributed by atoms with E-state index in [-0.39, 0.29) is 79.4 Å². The van der Waals surface area contributed by atoms with Gasteiger partial charge in [-0.2, -0.15) is 0 Å². The summed E-state index contributed by atoms with van der Waals surface area (Å²) >= 11 is 0. The number of hydrogen-bond donors (Lipinski definition) is 2. The van der Waals surface area contributed by atoms with Crippen LogP contribution >= 0.6 is 0 Å². The fourth-order valence-electron chi connectivity index (χ4n) is 11.0. The molecule has 7 fully saturated rings. The van der Waals surface area contributed by atoms with Crippen LogP contribution in [0.2, 0.25) is 0 Å². The van der Waals surface area contributed by atoms with Crippen LogP contribution in [0.4, 0.5) is 0 Å². The van der Waals surface area contributed by atoms with Gasteiger partial charge in [0.1, 0.15) is 17.8 Å². The van der Waals surface area contributed by atoms with Gasteiger partial charge >= 0.3 is 0 Å². The molecule has 0 saturated carbocycles. The average Bonchev–Trinajstić information content (AvgIpc) is 3.30. The van der Waals surface area contributed by atoms with Crippen molar-refractivity contribution in [2.45, 2.75) is 213 Å². The van der Waals surface area contributed by atoms with E-state index in [0.717, 1.165) is 64.2 Å². The second-order valence-corrected chi connectivity index (χ2v) is 18.4. The van der Waals surface area contributed by atoms with Crippen molar-refractivity contribution in [3.63, 3.8) is 0 Å². The van der Waals surface area contributed by atoms with Gasteiger partial charge in [-0.15, -0.1) is 6.58 Å². The maximum absolute atomic E-state index is 11.3. The molecule has 0 aliphatic carbocycles. The predicted octanol–water partition coefficient (Wildman–Crippen LogP) is 5.97. The Kier molecular flexibility index (Phi) is 10.5. The largest absolute Gasteiger partial charge is 0.396 e. The summed E-state index contributed by atoms with van der Waals surface area (Å²) in [5.41, 5.74) is -3.16. The highest BCUT2D eigenvalue weighted by atomic mass is 16.6. The molecule has 0 bridgehead atoms. The van der Waals surface area contributed by atoms with E-state index in [2.05, 4.69) is 34.3 Å². The van der Waals surface area contributed by atoms with Gasteiger partial charge < -0.3 is 48.1 Å². The van der Waals surface area contributed by atoms with E-state index in [1.54, 1.807) is 6.92 Å². The Balaban J connectivity index is 0.944. The molecule has 296 valence electrons. The maximum Gasteiger partial charge on any atom is 0.110 e. The van der Waals surface area contributed by atoms with Gasteiger partial charge in [-0.1, -0.05) is 42.5 Å². The molecule has 2 N–H and O–H groups in total. The van der Waals surface area contributed by atoms with Crippen molar-refractivity contribution >= 4 is 0 Å². The van der Waals surface area contributed by atoms with Crippen molar-refractivity contribution in [3.05, 3.63) is 49.1 Å². The third-order valence-corrected chi connectivity index (χ3v) is 14.0. The summed E-state index contributed by atoms with van der Waals surface area (Å²) < 4.78 is 55.2. The fourth-order valence-corrected chi connectivity index (χ4v) is 11.0. The summed E-state index contributed by atoms with van der Waals surface area (Å²) in [6.45, 7) is 14.5. The molecule has 0 aromatic carbocycles. The van der Waals surface area contributed by atoms with Crippen LogP contribution in [0.25, 0.3) is 0 Å². The van der Waals surface area contributed by atoms with Gasteiger partial charge in [-0.3, -0.25) is 0 Å². The minimum absolute atomic E-state index is 0.0319. The minimum Gasteiger partial charge on any atom is -0.396 e. The number of allylic oxidation sites excluding steroid dienone is 4. The van der Waals surface area contributed by atoms with Crippen LogP contribution in [-0.4, -0.2) is 118 Å². The first-order chi connectivity index (χ1) is 25.2. The van der Waals surface area contributed by atoms with Crippen molar-refractivity contribution in [1.29, 1.82) is 0 Å². The van der Waals surface area contributed by atoms with Crippen LogP contribution in [0.5, 0.6) is 0 Å². The predicted molar refractivity (Wildman–Crippen MR) is 198 cm³/mol. The van der Waals surface area contributed by atoms with E-state index in [4.69, 9.17) is 37.9 Å². The summed E-state index contributed by atoms with van der Waals surface area (Å²) in [7, 11) is 0. The SMILES string of the molecule is C=CCC=CC=CC1OC2CC3OC4CCC5OC6CC7(C)OC8(C)CCC(CCCO)OC8CC7OC6CC5OC4(C)CC3(C)OC2C=CC1(C)O. The Morgan fingerprint density at radius 1 is 0.736 bits per heavy atom. The molecule has 17 unspecified atom stereocenters.